The number of aryl methyl sites for hydroxylation is 2. The summed E-state index contributed by atoms with van der Waals surface area (Å²) in [6.07, 6.45) is 5.88. The van der Waals surface area contributed by atoms with E-state index in [1.807, 2.05) is 23.1 Å². The van der Waals surface area contributed by atoms with Crippen LogP contribution in [0.25, 0.3) is 0 Å². The van der Waals surface area contributed by atoms with E-state index in [2.05, 4.69) is 41.9 Å². The summed E-state index contributed by atoms with van der Waals surface area (Å²) in [5.41, 5.74) is 4.56. The highest BCUT2D eigenvalue weighted by Gasteiger charge is 2.39. The van der Waals surface area contributed by atoms with Crippen molar-refractivity contribution < 1.29 is 13.2 Å². The number of sulfone groups is 1. The summed E-state index contributed by atoms with van der Waals surface area (Å²) in [7, 11) is -3.21. The molecule has 1 amide bonds. The van der Waals surface area contributed by atoms with Gasteiger partial charge in [0.25, 0.3) is 0 Å². The third kappa shape index (κ3) is 5.52. The van der Waals surface area contributed by atoms with Crippen molar-refractivity contribution in [2.75, 3.05) is 18.8 Å². The zero-order chi connectivity index (χ0) is 26.0. The summed E-state index contributed by atoms with van der Waals surface area (Å²) < 4.78 is 26.5. The Morgan fingerprint density at radius 3 is 2.32 bits per heavy atom. The number of nitrogens with zero attached hydrogens (tertiary/aromatic N) is 3. The molecular weight excluding hydrogens is 482 g/mol. The normalized spacial score (nSPS) is 20.5. The van der Waals surface area contributed by atoms with Crippen molar-refractivity contribution in [2.45, 2.75) is 75.1 Å². The van der Waals surface area contributed by atoms with Crippen LogP contribution in [-0.4, -0.2) is 47.8 Å². The van der Waals surface area contributed by atoms with Gasteiger partial charge < -0.3 is 4.90 Å². The number of hydrogen-bond donors (Lipinski definition) is 0. The van der Waals surface area contributed by atoms with E-state index in [4.69, 9.17) is 5.10 Å². The Labute approximate surface area is 220 Å². The van der Waals surface area contributed by atoms with Gasteiger partial charge >= 0.3 is 0 Å². The summed E-state index contributed by atoms with van der Waals surface area (Å²) in [6, 6.07) is 20.2. The van der Waals surface area contributed by atoms with Crippen LogP contribution in [0.5, 0.6) is 0 Å². The second-order valence-corrected chi connectivity index (χ2v) is 12.8. The van der Waals surface area contributed by atoms with Crippen molar-refractivity contribution in [1.29, 1.82) is 0 Å². The van der Waals surface area contributed by atoms with E-state index < -0.39 is 9.84 Å². The zero-order valence-corrected chi connectivity index (χ0v) is 22.7. The van der Waals surface area contributed by atoms with Crippen LogP contribution in [0.2, 0.25) is 0 Å². The summed E-state index contributed by atoms with van der Waals surface area (Å²) in [5, 5.41) is 4.91. The molecule has 0 bridgehead atoms. The van der Waals surface area contributed by atoms with Crippen molar-refractivity contribution in [3.63, 3.8) is 0 Å². The highest BCUT2D eigenvalue weighted by molar-refractivity contribution is 7.91. The Balaban J connectivity index is 1.33. The molecule has 2 atom stereocenters. The van der Waals surface area contributed by atoms with E-state index in [0.717, 1.165) is 11.3 Å². The topological polar surface area (TPSA) is 72.3 Å². The van der Waals surface area contributed by atoms with E-state index in [9.17, 15) is 13.2 Å². The minimum absolute atomic E-state index is 0.0860. The predicted octanol–water partition coefficient (Wildman–Crippen LogP) is 5.44. The van der Waals surface area contributed by atoms with Crippen LogP contribution in [-0.2, 0) is 21.1 Å². The molecule has 37 heavy (non-hydrogen) atoms. The first-order valence-electron chi connectivity index (χ1n) is 13.6. The predicted molar refractivity (Wildman–Crippen MR) is 145 cm³/mol. The van der Waals surface area contributed by atoms with Crippen molar-refractivity contribution in [3.05, 3.63) is 83.2 Å². The molecule has 2 aromatic carbocycles. The molecule has 6 nitrogen and oxygen atoms in total. The molecule has 3 aromatic rings. The first kappa shape index (κ1) is 25.7. The van der Waals surface area contributed by atoms with E-state index in [1.165, 1.54) is 36.9 Å². The lowest BCUT2D eigenvalue weighted by Gasteiger charge is -2.22. The lowest BCUT2D eigenvalue weighted by atomic mass is 9.86. The summed E-state index contributed by atoms with van der Waals surface area (Å²) in [5.74, 6) is 0.687. The first-order chi connectivity index (χ1) is 17.9. The van der Waals surface area contributed by atoms with E-state index in [0.29, 0.717) is 36.9 Å². The maximum Gasteiger partial charge on any atom is 0.222 e. The van der Waals surface area contributed by atoms with Crippen molar-refractivity contribution >= 4 is 15.7 Å². The van der Waals surface area contributed by atoms with Crippen LogP contribution in [0.1, 0.15) is 79.4 Å². The van der Waals surface area contributed by atoms with Crippen LogP contribution in [0.4, 0.5) is 0 Å². The molecule has 2 unspecified atom stereocenters. The average molecular weight is 520 g/mol. The van der Waals surface area contributed by atoms with Crippen molar-refractivity contribution in [1.82, 2.24) is 14.7 Å². The number of likely N-dealkylation sites (tertiary alicyclic amines) is 1. The third-order valence-electron chi connectivity index (χ3n) is 8.13. The molecule has 0 radical (unpaired) electrons. The molecule has 1 aliphatic heterocycles. The van der Waals surface area contributed by atoms with Crippen LogP contribution >= 0.6 is 0 Å². The number of carbonyl (C=O) groups excluding carboxylic acids is 1. The number of carbonyl (C=O) groups is 1. The number of aromatic nitrogens is 2. The fourth-order valence-electron chi connectivity index (χ4n) is 6.04. The smallest absolute Gasteiger partial charge is 0.222 e. The molecule has 7 heteroatoms. The van der Waals surface area contributed by atoms with Gasteiger partial charge in [0.15, 0.2) is 9.84 Å². The van der Waals surface area contributed by atoms with Crippen molar-refractivity contribution in [2.24, 2.45) is 0 Å². The second-order valence-electron chi connectivity index (χ2n) is 10.6. The van der Waals surface area contributed by atoms with Gasteiger partial charge in [-0.25, -0.2) is 8.42 Å². The van der Waals surface area contributed by atoms with Gasteiger partial charge in [0.05, 0.1) is 22.4 Å². The Kier molecular flexibility index (Phi) is 7.52. The summed E-state index contributed by atoms with van der Waals surface area (Å²) in [6.45, 7) is 5.12. The molecule has 0 spiro atoms. The molecule has 2 aliphatic rings. The lowest BCUT2D eigenvalue weighted by Crippen LogP contribution is -2.29. The van der Waals surface area contributed by atoms with Gasteiger partial charge in [0, 0.05) is 37.0 Å². The fourth-order valence-corrected chi connectivity index (χ4v) is 6.92. The molecule has 1 aliphatic carbocycles. The van der Waals surface area contributed by atoms with Crippen LogP contribution in [0.15, 0.2) is 65.6 Å². The molecule has 0 N–H and O–H groups in total. The van der Waals surface area contributed by atoms with Gasteiger partial charge in [-0.15, -0.1) is 0 Å². The maximum atomic E-state index is 13.4. The number of benzene rings is 2. The average Bonchev–Trinajstić information content (AvgIpc) is 3.67. The van der Waals surface area contributed by atoms with Crippen LogP contribution < -0.4 is 0 Å². The minimum Gasteiger partial charge on any atom is -0.341 e. The molecular formula is C30H37N3O3S. The van der Waals surface area contributed by atoms with Gasteiger partial charge in [-0.2, -0.15) is 5.10 Å². The van der Waals surface area contributed by atoms with E-state index in [1.54, 1.807) is 19.1 Å². The van der Waals surface area contributed by atoms with E-state index >= 15 is 0 Å². The van der Waals surface area contributed by atoms with E-state index in [-0.39, 0.29) is 23.5 Å². The van der Waals surface area contributed by atoms with Gasteiger partial charge in [0.1, 0.15) is 0 Å². The van der Waals surface area contributed by atoms with Gasteiger partial charge in [-0.05, 0) is 55.5 Å². The highest BCUT2D eigenvalue weighted by atomic mass is 32.2. The molecule has 1 saturated carbocycles. The number of amides is 1. The highest BCUT2D eigenvalue weighted by Crippen LogP contribution is 2.42. The lowest BCUT2D eigenvalue weighted by molar-refractivity contribution is -0.130. The molecule has 1 saturated heterocycles. The first-order valence-corrected chi connectivity index (χ1v) is 15.2. The van der Waals surface area contributed by atoms with Gasteiger partial charge in [-0.3, -0.25) is 9.48 Å². The van der Waals surface area contributed by atoms with Crippen LogP contribution in [0, 0.1) is 6.92 Å². The Bertz CT molecular complexity index is 1330. The van der Waals surface area contributed by atoms with Gasteiger partial charge in [-0.1, -0.05) is 62.2 Å². The molecule has 2 fully saturated rings. The Morgan fingerprint density at radius 1 is 0.973 bits per heavy atom. The monoisotopic (exact) mass is 519 g/mol. The zero-order valence-electron chi connectivity index (χ0n) is 21.8. The molecule has 2 heterocycles. The second kappa shape index (κ2) is 10.8. The largest absolute Gasteiger partial charge is 0.341 e. The SMILES string of the molecule is CCS(=O)(=O)c1ccc(CCC(=O)N2CC(c3ccccc3)C(c3cc(C)nn3C3CCCC3)C2)cc1. The van der Waals surface area contributed by atoms with Crippen molar-refractivity contribution in [3.8, 4) is 0 Å². The standard InChI is InChI=1S/C30H37N3O3S/c1-3-37(35,36)26-16-13-23(14-17-26)15-18-30(34)32-20-27(24-9-5-4-6-10-24)28(21-32)29-19-22(2)31-33(29)25-11-7-8-12-25/h4-6,9-10,13-14,16-17,19,25,27-28H,3,7-8,11-12,15,18,20-21H2,1-2H3. The summed E-state index contributed by atoms with van der Waals surface area (Å²) in [4.78, 5) is 15.8. The fraction of sp³-hybridized carbons (Fsp3) is 0.467. The Morgan fingerprint density at radius 2 is 1.65 bits per heavy atom. The molecule has 5 rings (SSSR count). The quantitative estimate of drug-likeness (QED) is 0.397. The van der Waals surface area contributed by atoms with Crippen LogP contribution in [0.3, 0.4) is 0 Å². The third-order valence-corrected chi connectivity index (χ3v) is 9.88. The maximum absolute atomic E-state index is 13.4. The molecule has 1 aromatic heterocycles. The molecule has 196 valence electrons. The minimum atomic E-state index is -3.21. The summed E-state index contributed by atoms with van der Waals surface area (Å²) >= 11 is 0. The van der Waals surface area contributed by atoms with Gasteiger partial charge in [0.2, 0.25) is 5.91 Å². The Hall–Kier alpha value is -2.93. The number of rotatable bonds is 8. The number of hydrogen-bond acceptors (Lipinski definition) is 4.